The van der Waals surface area contributed by atoms with E-state index in [0.717, 1.165) is 10.5 Å². The Morgan fingerprint density at radius 2 is 1.45 bits per heavy atom. The number of aryl methyl sites for hydroxylation is 1. The molecule has 0 aliphatic carbocycles. The molecule has 3 aromatic rings. The van der Waals surface area contributed by atoms with E-state index in [4.69, 9.17) is 4.74 Å². The number of ether oxygens (including phenoxy) is 1. The first-order valence-electron chi connectivity index (χ1n) is 10.1. The Bertz CT molecular complexity index is 1010. The highest BCUT2D eigenvalue weighted by Crippen LogP contribution is 2.36. The number of hydrogen-bond acceptors (Lipinski definition) is 4. The molecule has 0 bridgehead atoms. The van der Waals surface area contributed by atoms with Gasteiger partial charge in [0, 0.05) is 0 Å². The van der Waals surface area contributed by atoms with E-state index in [1.807, 2.05) is 91.9 Å². The highest BCUT2D eigenvalue weighted by atomic mass is 16.5. The summed E-state index contributed by atoms with van der Waals surface area (Å²) >= 11 is 0. The molecule has 1 aliphatic rings. The Morgan fingerprint density at radius 1 is 0.903 bits per heavy atom. The van der Waals surface area contributed by atoms with Crippen molar-refractivity contribution in [2.45, 2.75) is 18.6 Å². The summed E-state index contributed by atoms with van der Waals surface area (Å²) in [7, 11) is 0. The zero-order valence-corrected chi connectivity index (χ0v) is 17.2. The zero-order chi connectivity index (χ0) is 21.8. The van der Waals surface area contributed by atoms with Crippen molar-refractivity contribution in [1.29, 1.82) is 0 Å². The Hall–Kier alpha value is -3.64. The average molecular weight is 416 g/mol. The fraction of sp³-hybridized carbons (Fsp3) is 0.200. The lowest BCUT2D eigenvalue weighted by Crippen LogP contribution is -2.46. The van der Waals surface area contributed by atoms with Crippen molar-refractivity contribution in [3.05, 3.63) is 102 Å². The lowest BCUT2D eigenvalue weighted by Gasteiger charge is -2.28. The number of aliphatic hydroxyl groups is 1. The van der Waals surface area contributed by atoms with E-state index in [0.29, 0.717) is 16.9 Å². The standard InChI is InChI=1S/C25H24N2O4/c1-18-12-14-22(15-13-18)31-17-21(28)16-27-23(29)25(26-24(27)30,19-8-4-2-5-9-19)20-10-6-3-7-11-20/h2-15,21,28H,16-17H2,1H3,(H,26,30)/t21-/m1/s1. The first kappa shape index (κ1) is 20.6. The Morgan fingerprint density at radius 3 is 2.00 bits per heavy atom. The third-order valence-corrected chi connectivity index (χ3v) is 5.38. The fourth-order valence-corrected chi connectivity index (χ4v) is 3.77. The predicted molar refractivity (Wildman–Crippen MR) is 117 cm³/mol. The Labute approximate surface area is 181 Å². The third kappa shape index (κ3) is 4.02. The number of nitrogens with zero attached hydrogens (tertiary/aromatic N) is 1. The molecule has 1 heterocycles. The van der Waals surface area contributed by atoms with Crippen molar-refractivity contribution in [3.63, 3.8) is 0 Å². The molecule has 1 aliphatic heterocycles. The largest absolute Gasteiger partial charge is 0.491 e. The first-order chi connectivity index (χ1) is 15.0. The van der Waals surface area contributed by atoms with Crippen LogP contribution in [0.1, 0.15) is 16.7 Å². The highest BCUT2D eigenvalue weighted by molar-refractivity contribution is 6.09. The molecule has 0 spiro atoms. The SMILES string of the molecule is Cc1ccc(OC[C@H](O)CN2C(=O)NC(c3ccccc3)(c3ccccc3)C2=O)cc1. The summed E-state index contributed by atoms with van der Waals surface area (Å²) in [5, 5.41) is 13.3. The monoisotopic (exact) mass is 416 g/mol. The van der Waals surface area contributed by atoms with E-state index in [1.165, 1.54) is 0 Å². The van der Waals surface area contributed by atoms with Crippen LogP contribution in [0.15, 0.2) is 84.9 Å². The van der Waals surface area contributed by atoms with Crippen LogP contribution in [0.3, 0.4) is 0 Å². The summed E-state index contributed by atoms with van der Waals surface area (Å²) < 4.78 is 5.61. The molecule has 3 amide bonds. The molecule has 0 aromatic heterocycles. The van der Waals surface area contributed by atoms with Gasteiger partial charge in [-0.05, 0) is 30.2 Å². The number of β-amino-alcohol motifs (C(OH)–C–C–N with tert-alkyl or cyclic N) is 1. The molecule has 31 heavy (non-hydrogen) atoms. The summed E-state index contributed by atoms with van der Waals surface area (Å²) in [4.78, 5) is 27.5. The number of hydrogen-bond donors (Lipinski definition) is 2. The molecule has 0 radical (unpaired) electrons. The van der Waals surface area contributed by atoms with Gasteiger partial charge in [-0.1, -0.05) is 78.4 Å². The molecule has 2 N–H and O–H groups in total. The maximum Gasteiger partial charge on any atom is 0.325 e. The first-order valence-corrected chi connectivity index (χ1v) is 10.1. The van der Waals surface area contributed by atoms with E-state index in [-0.39, 0.29) is 13.2 Å². The van der Waals surface area contributed by atoms with Gasteiger partial charge in [0.05, 0.1) is 6.54 Å². The van der Waals surface area contributed by atoms with Gasteiger partial charge in [0.25, 0.3) is 5.91 Å². The zero-order valence-electron chi connectivity index (χ0n) is 17.2. The lowest BCUT2D eigenvalue weighted by molar-refractivity contribution is -0.131. The van der Waals surface area contributed by atoms with Crippen LogP contribution in [0.25, 0.3) is 0 Å². The van der Waals surface area contributed by atoms with Crippen molar-refractivity contribution < 1.29 is 19.4 Å². The second-order valence-corrected chi connectivity index (χ2v) is 7.61. The van der Waals surface area contributed by atoms with Gasteiger partial charge in [0.1, 0.15) is 18.5 Å². The second kappa shape index (κ2) is 8.62. The maximum atomic E-state index is 13.6. The third-order valence-electron chi connectivity index (χ3n) is 5.38. The van der Waals surface area contributed by atoms with E-state index in [1.54, 1.807) is 0 Å². The Balaban J connectivity index is 1.55. The number of amides is 3. The molecule has 4 rings (SSSR count). The summed E-state index contributed by atoms with van der Waals surface area (Å²) in [5.41, 5.74) is 1.09. The van der Waals surface area contributed by atoms with Crippen LogP contribution < -0.4 is 10.1 Å². The summed E-state index contributed by atoms with van der Waals surface area (Å²) in [6.07, 6.45) is -1.03. The van der Waals surface area contributed by atoms with Gasteiger partial charge in [-0.25, -0.2) is 4.79 Å². The molecule has 1 saturated heterocycles. The number of carbonyl (C=O) groups is 2. The van der Waals surface area contributed by atoms with Gasteiger partial charge in [-0.3, -0.25) is 9.69 Å². The maximum absolute atomic E-state index is 13.6. The van der Waals surface area contributed by atoms with Crippen molar-refractivity contribution >= 4 is 11.9 Å². The number of urea groups is 1. The number of nitrogens with one attached hydrogen (secondary N) is 1. The van der Waals surface area contributed by atoms with E-state index < -0.39 is 23.6 Å². The summed E-state index contributed by atoms with van der Waals surface area (Å²) in [6.45, 7) is 1.77. The molecule has 6 nitrogen and oxygen atoms in total. The Kier molecular flexibility index (Phi) is 5.73. The van der Waals surface area contributed by atoms with E-state index in [2.05, 4.69) is 5.32 Å². The molecule has 1 atom stereocenters. The van der Waals surface area contributed by atoms with Crippen LogP contribution in [-0.2, 0) is 10.3 Å². The number of aliphatic hydroxyl groups excluding tert-OH is 1. The minimum absolute atomic E-state index is 0.0379. The van der Waals surface area contributed by atoms with Gasteiger partial charge in [-0.15, -0.1) is 0 Å². The van der Waals surface area contributed by atoms with Gasteiger partial charge in [-0.2, -0.15) is 0 Å². The number of carbonyl (C=O) groups excluding carboxylic acids is 2. The van der Waals surface area contributed by atoms with Crippen LogP contribution in [-0.4, -0.2) is 41.2 Å². The van der Waals surface area contributed by atoms with Crippen molar-refractivity contribution in [1.82, 2.24) is 10.2 Å². The van der Waals surface area contributed by atoms with Gasteiger partial charge in [0.15, 0.2) is 5.54 Å². The predicted octanol–water partition coefficient (Wildman–Crippen LogP) is 3.23. The van der Waals surface area contributed by atoms with Crippen LogP contribution in [0.5, 0.6) is 5.75 Å². The second-order valence-electron chi connectivity index (χ2n) is 7.61. The van der Waals surface area contributed by atoms with E-state index >= 15 is 0 Å². The van der Waals surface area contributed by atoms with Gasteiger partial charge < -0.3 is 15.2 Å². The number of benzene rings is 3. The average Bonchev–Trinajstić information content (AvgIpc) is 3.05. The van der Waals surface area contributed by atoms with Gasteiger partial charge >= 0.3 is 6.03 Å². The normalized spacial score (nSPS) is 16.1. The van der Waals surface area contributed by atoms with Crippen molar-refractivity contribution in [2.75, 3.05) is 13.2 Å². The minimum atomic E-state index is -1.34. The molecule has 1 fully saturated rings. The highest BCUT2D eigenvalue weighted by Gasteiger charge is 2.53. The molecule has 0 saturated carbocycles. The topological polar surface area (TPSA) is 78.9 Å². The van der Waals surface area contributed by atoms with Crippen molar-refractivity contribution in [2.24, 2.45) is 0 Å². The van der Waals surface area contributed by atoms with E-state index in [9.17, 15) is 14.7 Å². The lowest BCUT2D eigenvalue weighted by atomic mass is 9.82. The number of rotatable bonds is 7. The van der Waals surface area contributed by atoms with Crippen molar-refractivity contribution in [3.8, 4) is 5.75 Å². The van der Waals surface area contributed by atoms with Crippen LogP contribution in [0, 0.1) is 6.92 Å². The van der Waals surface area contributed by atoms with Crippen LogP contribution in [0.2, 0.25) is 0 Å². The molecule has 3 aromatic carbocycles. The quantitative estimate of drug-likeness (QED) is 0.580. The fourth-order valence-electron chi connectivity index (χ4n) is 3.77. The molecule has 6 heteroatoms. The molecular formula is C25H24N2O4. The molecule has 158 valence electrons. The molecular weight excluding hydrogens is 392 g/mol. The van der Waals surface area contributed by atoms with Gasteiger partial charge in [0.2, 0.25) is 0 Å². The smallest absolute Gasteiger partial charge is 0.325 e. The molecule has 0 unspecified atom stereocenters. The number of imide groups is 1. The summed E-state index contributed by atoms with van der Waals surface area (Å²) in [6, 6.07) is 25.1. The minimum Gasteiger partial charge on any atom is -0.491 e. The van der Waals surface area contributed by atoms with Crippen LogP contribution in [0.4, 0.5) is 4.79 Å². The van der Waals surface area contributed by atoms with Crippen LogP contribution >= 0.6 is 0 Å². The summed E-state index contributed by atoms with van der Waals surface area (Å²) in [5.74, 6) is 0.189.